The molecule has 3 aromatic rings. The highest BCUT2D eigenvalue weighted by molar-refractivity contribution is 7.99. The number of rotatable bonds is 7. The lowest BCUT2D eigenvalue weighted by atomic mass is 10.0. The van der Waals surface area contributed by atoms with Crippen molar-refractivity contribution in [3.8, 4) is 17.2 Å². The fourth-order valence-electron chi connectivity index (χ4n) is 3.66. The van der Waals surface area contributed by atoms with Gasteiger partial charge in [-0.2, -0.15) is 0 Å². The van der Waals surface area contributed by atoms with Gasteiger partial charge in [-0.25, -0.2) is 4.39 Å². The second-order valence-electron chi connectivity index (χ2n) is 7.31. The maximum absolute atomic E-state index is 14.2. The van der Waals surface area contributed by atoms with Crippen LogP contribution >= 0.6 is 11.8 Å². The first-order valence-corrected chi connectivity index (χ1v) is 11.2. The lowest BCUT2D eigenvalue weighted by Crippen LogP contribution is -2.31. The molecule has 0 aliphatic carbocycles. The van der Waals surface area contributed by atoms with E-state index in [1.165, 1.54) is 32.0 Å². The normalized spacial score (nSPS) is 14.9. The summed E-state index contributed by atoms with van der Waals surface area (Å²) < 4.78 is 31.1. The third kappa shape index (κ3) is 4.67. The number of ether oxygens (including phenoxy) is 3. The number of fused-ring (bicyclic) bond motifs is 1. The van der Waals surface area contributed by atoms with Crippen LogP contribution in [0.4, 0.5) is 4.39 Å². The highest BCUT2D eigenvalue weighted by Gasteiger charge is 2.26. The summed E-state index contributed by atoms with van der Waals surface area (Å²) in [5.41, 5.74) is 2.18. The zero-order valence-corrected chi connectivity index (χ0v) is 18.7. The minimum Gasteiger partial charge on any atom is -0.493 e. The number of thioether (sulfide) groups is 1. The Hall–Kier alpha value is -3.19. The van der Waals surface area contributed by atoms with E-state index in [1.54, 1.807) is 18.2 Å². The Kier molecular flexibility index (Phi) is 6.85. The second-order valence-corrected chi connectivity index (χ2v) is 8.41. The van der Waals surface area contributed by atoms with Crippen molar-refractivity contribution < 1.29 is 23.4 Å². The molecule has 32 heavy (non-hydrogen) atoms. The van der Waals surface area contributed by atoms with Crippen molar-refractivity contribution in [3.63, 3.8) is 0 Å². The monoisotopic (exact) mass is 453 g/mol. The number of amides is 1. The van der Waals surface area contributed by atoms with Gasteiger partial charge in [-0.3, -0.25) is 4.79 Å². The Balaban J connectivity index is 1.56. The van der Waals surface area contributed by atoms with Crippen LogP contribution in [-0.4, -0.2) is 25.9 Å². The summed E-state index contributed by atoms with van der Waals surface area (Å²) >= 11 is 1.48. The Bertz CT molecular complexity index is 1080. The van der Waals surface area contributed by atoms with Crippen LogP contribution in [0.2, 0.25) is 0 Å². The predicted octanol–water partition coefficient (Wildman–Crippen LogP) is 5.39. The molecule has 166 valence electrons. The Morgan fingerprint density at radius 1 is 1.06 bits per heavy atom. The standard InChI is InChI=1S/C25H24FNO4S/c1-29-21-13-17(14-22(30-2)23(21)31-15-16-7-4-3-5-8-16)25(28)27-20-11-12-32-24-18(20)9-6-10-19(24)26/h3-10,13-14,20H,11-12,15H2,1-2H3,(H,27,28)/t20-/m0/s1. The summed E-state index contributed by atoms with van der Waals surface area (Å²) in [5.74, 6) is 1.42. The van der Waals surface area contributed by atoms with E-state index >= 15 is 0 Å². The predicted molar refractivity (Wildman–Crippen MR) is 122 cm³/mol. The van der Waals surface area contributed by atoms with E-state index in [2.05, 4.69) is 5.32 Å². The third-order valence-electron chi connectivity index (χ3n) is 5.28. The number of nitrogens with one attached hydrogen (secondary N) is 1. The number of benzene rings is 3. The number of carbonyl (C=O) groups is 1. The molecule has 1 aliphatic rings. The van der Waals surface area contributed by atoms with Crippen LogP contribution in [0.3, 0.4) is 0 Å². The van der Waals surface area contributed by atoms with Gasteiger partial charge < -0.3 is 19.5 Å². The molecule has 0 unspecified atom stereocenters. The third-order valence-corrected chi connectivity index (χ3v) is 6.44. The van der Waals surface area contributed by atoms with Gasteiger partial charge in [-0.05, 0) is 35.7 Å². The molecule has 0 saturated heterocycles. The summed E-state index contributed by atoms with van der Waals surface area (Å²) in [6, 6.07) is 17.7. The molecule has 0 spiro atoms. The van der Waals surface area contributed by atoms with Crippen molar-refractivity contribution in [2.24, 2.45) is 0 Å². The largest absolute Gasteiger partial charge is 0.493 e. The maximum Gasteiger partial charge on any atom is 0.252 e. The van der Waals surface area contributed by atoms with Crippen molar-refractivity contribution >= 4 is 17.7 Å². The van der Waals surface area contributed by atoms with E-state index in [-0.39, 0.29) is 17.8 Å². The summed E-state index contributed by atoms with van der Waals surface area (Å²) in [6.07, 6.45) is 0.722. The molecule has 0 radical (unpaired) electrons. The zero-order chi connectivity index (χ0) is 22.5. The van der Waals surface area contributed by atoms with E-state index in [9.17, 15) is 9.18 Å². The molecular weight excluding hydrogens is 429 g/mol. The number of halogens is 1. The van der Waals surface area contributed by atoms with Crippen LogP contribution in [0.15, 0.2) is 65.6 Å². The molecule has 1 amide bonds. The van der Waals surface area contributed by atoms with Gasteiger partial charge in [0.15, 0.2) is 11.5 Å². The van der Waals surface area contributed by atoms with Crippen LogP contribution in [0.25, 0.3) is 0 Å². The van der Waals surface area contributed by atoms with Crippen molar-refractivity contribution in [1.82, 2.24) is 5.32 Å². The van der Waals surface area contributed by atoms with E-state index in [0.717, 1.165) is 23.3 Å². The van der Waals surface area contributed by atoms with Crippen LogP contribution in [0.1, 0.15) is 33.9 Å². The van der Waals surface area contributed by atoms with E-state index in [4.69, 9.17) is 14.2 Å². The quantitative estimate of drug-likeness (QED) is 0.520. The Labute approximate surface area is 190 Å². The van der Waals surface area contributed by atoms with Crippen LogP contribution in [0, 0.1) is 5.82 Å². The van der Waals surface area contributed by atoms with Gasteiger partial charge in [0, 0.05) is 16.2 Å². The molecule has 1 atom stereocenters. The van der Waals surface area contributed by atoms with Crippen molar-refractivity contribution in [1.29, 1.82) is 0 Å². The summed E-state index contributed by atoms with van der Waals surface area (Å²) in [6.45, 7) is 0.335. The van der Waals surface area contributed by atoms with Gasteiger partial charge in [0.2, 0.25) is 5.75 Å². The minimum absolute atomic E-state index is 0.255. The number of carbonyl (C=O) groups excluding carboxylic acids is 1. The highest BCUT2D eigenvalue weighted by Crippen LogP contribution is 2.40. The molecule has 3 aromatic carbocycles. The van der Waals surface area contributed by atoms with Gasteiger partial charge in [-0.1, -0.05) is 42.5 Å². The Morgan fingerprint density at radius 2 is 1.78 bits per heavy atom. The lowest BCUT2D eigenvalue weighted by molar-refractivity contribution is 0.0934. The van der Waals surface area contributed by atoms with Crippen LogP contribution < -0.4 is 19.5 Å². The fourth-order valence-corrected chi connectivity index (χ4v) is 4.80. The maximum atomic E-state index is 14.2. The molecular formula is C25H24FNO4S. The fraction of sp³-hybridized carbons (Fsp3) is 0.240. The number of hydrogen-bond acceptors (Lipinski definition) is 5. The molecule has 1 N–H and O–H groups in total. The topological polar surface area (TPSA) is 56.8 Å². The smallest absolute Gasteiger partial charge is 0.252 e. The van der Waals surface area contributed by atoms with Gasteiger partial charge >= 0.3 is 0 Å². The van der Waals surface area contributed by atoms with Crippen LogP contribution in [-0.2, 0) is 6.61 Å². The average molecular weight is 454 g/mol. The van der Waals surface area contributed by atoms with Crippen molar-refractivity contribution in [2.45, 2.75) is 24.0 Å². The van der Waals surface area contributed by atoms with Gasteiger partial charge in [0.05, 0.1) is 20.3 Å². The van der Waals surface area contributed by atoms with E-state index in [0.29, 0.717) is 34.3 Å². The molecule has 0 aromatic heterocycles. The molecule has 5 nitrogen and oxygen atoms in total. The lowest BCUT2D eigenvalue weighted by Gasteiger charge is -2.26. The highest BCUT2D eigenvalue weighted by atomic mass is 32.2. The molecule has 1 aliphatic heterocycles. The molecule has 1 heterocycles. The van der Waals surface area contributed by atoms with Gasteiger partial charge in [0.25, 0.3) is 5.91 Å². The molecule has 0 saturated carbocycles. The molecule has 7 heteroatoms. The van der Waals surface area contributed by atoms with E-state index in [1.807, 2.05) is 36.4 Å². The minimum atomic E-state index is -0.289. The van der Waals surface area contributed by atoms with Gasteiger partial charge in [0.1, 0.15) is 12.4 Å². The summed E-state index contributed by atoms with van der Waals surface area (Å²) in [5, 5.41) is 3.03. The summed E-state index contributed by atoms with van der Waals surface area (Å²) in [4.78, 5) is 13.7. The average Bonchev–Trinajstić information content (AvgIpc) is 2.83. The first kappa shape index (κ1) is 22.0. The first-order chi connectivity index (χ1) is 15.6. The van der Waals surface area contributed by atoms with Gasteiger partial charge in [-0.15, -0.1) is 11.8 Å². The van der Waals surface area contributed by atoms with E-state index < -0.39 is 0 Å². The molecule has 4 rings (SSSR count). The second kappa shape index (κ2) is 9.96. The van der Waals surface area contributed by atoms with Crippen molar-refractivity contribution in [3.05, 3.63) is 83.2 Å². The Morgan fingerprint density at radius 3 is 2.47 bits per heavy atom. The first-order valence-electron chi connectivity index (χ1n) is 10.3. The molecule has 0 fully saturated rings. The molecule has 0 bridgehead atoms. The zero-order valence-electron chi connectivity index (χ0n) is 17.9. The number of methoxy groups -OCH3 is 2. The summed E-state index contributed by atoms with van der Waals surface area (Å²) in [7, 11) is 3.03. The van der Waals surface area contributed by atoms with Crippen LogP contribution in [0.5, 0.6) is 17.2 Å². The SMILES string of the molecule is COc1cc(C(=O)N[C@H]2CCSc3c(F)cccc32)cc(OC)c1OCc1ccccc1. The van der Waals surface area contributed by atoms with Crippen molar-refractivity contribution in [2.75, 3.05) is 20.0 Å². The number of hydrogen-bond donors (Lipinski definition) is 1.